The average Bonchev–Trinajstić information content (AvgIpc) is 3.82. The molecule has 11 heteroatoms. The van der Waals surface area contributed by atoms with Gasteiger partial charge in [-0.1, -0.05) is 67.6 Å². The second kappa shape index (κ2) is 20.4. The topological polar surface area (TPSA) is 140 Å². The van der Waals surface area contributed by atoms with E-state index in [-0.39, 0.29) is 11.6 Å². The van der Waals surface area contributed by atoms with E-state index >= 15 is 0 Å². The van der Waals surface area contributed by atoms with Crippen LogP contribution in [0.5, 0.6) is 0 Å². The normalized spacial score (nSPS) is 12.3. The van der Waals surface area contributed by atoms with Gasteiger partial charge in [-0.25, -0.2) is 14.4 Å². The summed E-state index contributed by atoms with van der Waals surface area (Å²) in [6.07, 6.45) is 9.63. The van der Waals surface area contributed by atoms with Gasteiger partial charge in [-0.15, -0.1) is 11.3 Å². The fourth-order valence-electron chi connectivity index (χ4n) is 8.03. The van der Waals surface area contributed by atoms with Crippen molar-refractivity contribution in [1.29, 1.82) is 5.26 Å². The van der Waals surface area contributed by atoms with Crippen LogP contribution in [0.15, 0.2) is 157 Å². The third kappa shape index (κ3) is 10.3. The number of carbonyl (C=O) groups is 1. The largest absolute Gasteiger partial charge is 0.477 e. The van der Waals surface area contributed by atoms with Crippen molar-refractivity contribution in [3.05, 3.63) is 193 Å². The molecule has 8 rings (SSSR count). The molecule has 0 amide bonds. The Morgan fingerprint density at radius 2 is 1.21 bits per heavy atom. The van der Waals surface area contributed by atoms with Gasteiger partial charge in [-0.05, 0) is 147 Å². The summed E-state index contributed by atoms with van der Waals surface area (Å²) in [5.41, 5.74) is 8.34. The number of rotatable bonds is 16. The van der Waals surface area contributed by atoms with Crippen molar-refractivity contribution in [2.45, 2.75) is 33.2 Å². The maximum atomic E-state index is 13.1. The van der Waals surface area contributed by atoms with Crippen LogP contribution in [0.3, 0.4) is 0 Å². The summed E-state index contributed by atoms with van der Waals surface area (Å²) in [5, 5.41) is 23.6. The summed E-state index contributed by atoms with van der Waals surface area (Å²) in [7, 11) is 1.92. The predicted octanol–water partition coefficient (Wildman–Crippen LogP) is 12.9. The van der Waals surface area contributed by atoms with Crippen molar-refractivity contribution in [2.24, 2.45) is 0 Å². The molecular formula is C56H48N4O6S. The summed E-state index contributed by atoms with van der Waals surface area (Å²) in [6.45, 7) is 8.01. The van der Waals surface area contributed by atoms with E-state index in [0.717, 1.165) is 80.2 Å². The van der Waals surface area contributed by atoms with Crippen molar-refractivity contribution in [3.8, 4) is 16.5 Å². The molecule has 10 nitrogen and oxygen atoms in total. The van der Waals surface area contributed by atoms with E-state index in [9.17, 15) is 24.8 Å². The number of thiophene rings is 1. The molecule has 0 aliphatic heterocycles. The predicted molar refractivity (Wildman–Crippen MR) is 274 cm³/mol. The molecule has 67 heavy (non-hydrogen) atoms. The molecule has 0 fully saturated rings. The van der Waals surface area contributed by atoms with Gasteiger partial charge in [-0.3, -0.25) is 0 Å². The van der Waals surface area contributed by atoms with Crippen LogP contribution in [-0.2, 0) is 4.79 Å². The zero-order chi connectivity index (χ0) is 47.0. The lowest BCUT2D eigenvalue weighted by Crippen LogP contribution is -2.21. The van der Waals surface area contributed by atoms with Crippen LogP contribution in [0.4, 0.5) is 22.7 Å². The molecule has 0 aliphatic rings. The zero-order valence-electron chi connectivity index (χ0n) is 37.5. The molecular weight excluding hydrogens is 857 g/mol. The Kier molecular flexibility index (Phi) is 13.9. The maximum absolute atomic E-state index is 13.1. The van der Waals surface area contributed by atoms with Gasteiger partial charge in [0.1, 0.15) is 22.8 Å². The van der Waals surface area contributed by atoms with Crippen LogP contribution in [0.1, 0.15) is 65.9 Å². The van der Waals surface area contributed by atoms with E-state index in [4.69, 9.17) is 8.83 Å². The Morgan fingerprint density at radius 3 is 1.72 bits per heavy atom. The van der Waals surface area contributed by atoms with Crippen molar-refractivity contribution in [3.63, 3.8) is 0 Å². The molecule has 0 aliphatic carbocycles. The van der Waals surface area contributed by atoms with E-state index in [1.54, 1.807) is 24.3 Å². The maximum Gasteiger partial charge on any atom is 0.346 e. The number of nitrogens with zero attached hydrogens (tertiary/aromatic N) is 3. The zero-order valence-corrected chi connectivity index (χ0v) is 38.3. The first-order valence-electron chi connectivity index (χ1n) is 22.1. The van der Waals surface area contributed by atoms with Gasteiger partial charge < -0.3 is 29.1 Å². The minimum Gasteiger partial charge on any atom is -0.477 e. The summed E-state index contributed by atoms with van der Waals surface area (Å²) in [6, 6.07) is 45.4. The monoisotopic (exact) mass is 904 g/mol. The SMILES string of the molecule is CCC(NC)c1ccc2cc(/C=C/c3ccc(N(c4ccc(/C=C/c5cc6ccc(N(CC)CC)cc6oc5=O)cc4)c4ccc(-c5ccc(/C=C(\C#N)C(=O)O)s5)cc4)cc3)c(=O)oc2c1. The Bertz CT molecular complexity index is 3170. The summed E-state index contributed by atoms with van der Waals surface area (Å²) in [5.74, 6) is -1.27. The first kappa shape index (κ1) is 45.5. The van der Waals surface area contributed by atoms with E-state index < -0.39 is 17.2 Å². The minimum absolute atomic E-state index is 0.172. The van der Waals surface area contributed by atoms with Crippen molar-refractivity contribution in [1.82, 2.24) is 5.32 Å². The number of hydrogen-bond acceptors (Lipinski definition) is 10. The van der Waals surface area contributed by atoms with Crippen LogP contribution in [0.2, 0.25) is 0 Å². The number of hydrogen-bond donors (Lipinski definition) is 2. The molecule has 8 aromatic rings. The molecule has 0 saturated heterocycles. The van der Waals surface area contributed by atoms with Crippen molar-refractivity contribution in [2.75, 3.05) is 29.9 Å². The second-order valence-corrected chi connectivity index (χ2v) is 16.9. The lowest BCUT2D eigenvalue weighted by atomic mass is 10.0. The highest BCUT2D eigenvalue weighted by Gasteiger charge is 2.15. The number of anilines is 4. The van der Waals surface area contributed by atoms with Gasteiger partial charge in [-0.2, -0.15) is 5.26 Å². The van der Waals surface area contributed by atoms with Gasteiger partial charge in [0.15, 0.2) is 0 Å². The molecule has 5 aromatic carbocycles. The Morgan fingerprint density at radius 1 is 0.687 bits per heavy atom. The van der Waals surface area contributed by atoms with Crippen LogP contribution in [0.25, 0.3) is 62.8 Å². The quantitative estimate of drug-likeness (QED) is 0.0547. The summed E-state index contributed by atoms with van der Waals surface area (Å²) < 4.78 is 11.5. The molecule has 1 unspecified atom stereocenters. The van der Waals surface area contributed by atoms with E-state index in [2.05, 4.69) is 42.0 Å². The third-order valence-electron chi connectivity index (χ3n) is 11.7. The molecule has 0 radical (unpaired) electrons. The molecule has 0 saturated carbocycles. The van der Waals surface area contributed by atoms with Crippen LogP contribution < -0.4 is 26.4 Å². The van der Waals surface area contributed by atoms with Crippen LogP contribution in [-0.4, -0.2) is 31.2 Å². The number of nitrogens with one attached hydrogen (secondary N) is 1. The first-order valence-corrected chi connectivity index (χ1v) is 22.9. The second-order valence-electron chi connectivity index (χ2n) is 15.8. The molecule has 0 spiro atoms. The third-order valence-corrected chi connectivity index (χ3v) is 12.8. The molecule has 2 N–H and O–H groups in total. The summed E-state index contributed by atoms with van der Waals surface area (Å²) in [4.78, 5) is 43.5. The summed E-state index contributed by atoms with van der Waals surface area (Å²) >= 11 is 1.40. The molecule has 3 aromatic heterocycles. The molecule has 1 atom stereocenters. The van der Waals surface area contributed by atoms with E-state index in [1.807, 2.05) is 141 Å². The van der Waals surface area contributed by atoms with Crippen molar-refractivity contribution >= 4 is 92.4 Å². The van der Waals surface area contributed by atoms with Crippen LogP contribution >= 0.6 is 11.3 Å². The molecule has 3 heterocycles. The van der Waals surface area contributed by atoms with Gasteiger partial charge in [0.25, 0.3) is 0 Å². The van der Waals surface area contributed by atoms with E-state index in [0.29, 0.717) is 27.2 Å². The standard InChI is InChI=1S/C56H48N4O6S/c1-5-50(58-4)39-16-17-40-30-42(55(63)65-51(40)33-39)14-8-36-10-21-45(22-11-36)60(47-25-18-38(19-26-47)53-29-28-49(67-53)32-44(35-57)54(61)62)46-23-12-37(13-24-46)9-15-43-31-41-20-27-48(59(6-2)7-3)34-52(41)66-56(43)64/h8-34,50,58H,5-7H2,1-4H3,(H,61,62)/b14-8+,15-9+,44-32+. The highest BCUT2D eigenvalue weighted by atomic mass is 32.1. The number of fused-ring (bicyclic) bond motifs is 2. The fourth-order valence-corrected chi connectivity index (χ4v) is 8.99. The Balaban J connectivity index is 1.07. The number of carboxylic acids is 1. The molecule has 334 valence electrons. The highest BCUT2D eigenvalue weighted by Crippen LogP contribution is 2.38. The van der Waals surface area contributed by atoms with Gasteiger partial charge >= 0.3 is 17.2 Å². The molecule has 0 bridgehead atoms. The highest BCUT2D eigenvalue weighted by molar-refractivity contribution is 7.16. The first-order chi connectivity index (χ1) is 32.6. The number of nitriles is 1. The number of benzene rings is 5. The Labute approximate surface area is 392 Å². The number of carboxylic acid groups (broad SMARTS) is 1. The van der Waals surface area contributed by atoms with E-state index in [1.165, 1.54) is 17.4 Å². The van der Waals surface area contributed by atoms with Gasteiger partial charge in [0.05, 0.1) is 11.1 Å². The Hall–Kier alpha value is -8.04. The minimum atomic E-state index is -1.27. The average molecular weight is 905 g/mol. The smallest absolute Gasteiger partial charge is 0.346 e. The van der Waals surface area contributed by atoms with Gasteiger partial charge in [0, 0.05) is 68.5 Å². The van der Waals surface area contributed by atoms with Crippen LogP contribution in [0, 0.1) is 11.3 Å². The lowest BCUT2D eigenvalue weighted by Gasteiger charge is -2.26. The van der Waals surface area contributed by atoms with Crippen molar-refractivity contribution < 1.29 is 18.7 Å². The lowest BCUT2D eigenvalue weighted by molar-refractivity contribution is -0.132. The fraction of sp³-hybridized carbons (Fsp3) is 0.143. The van der Waals surface area contributed by atoms with Gasteiger partial charge in [0.2, 0.25) is 0 Å². The number of aliphatic carboxylic acids is 1.